The van der Waals surface area contributed by atoms with Gasteiger partial charge in [0.1, 0.15) is 0 Å². The van der Waals surface area contributed by atoms with Gasteiger partial charge in [0.25, 0.3) is 10.1 Å². The smallest absolute Gasteiger partial charge is 0.264 e. The lowest BCUT2D eigenvalue weighted by Gasteiger charge is -2.03. The Hall–Kier alpha value is -0.170. The van der Waals surface area contributed by atoms with Gasteiger partial charge in [0.15, 0.2) is 0 Å². The molecule has 14 heavy (non-hydrogen) atoms. The van der Waals surface area contributed by atoms with Crippen molar-refractivity contribution in [3.8, 4) is 0 Å². The molecule has 86 valence electrons. The van der Waals surface area contributed by atoms with Gasteiger partial charge in [-0.2, -0.15) is 8.42 Å². The summed E-state index contributed by atoms with van der Waals surface area (Å²) in [5, 5.41) is 0. The summed E-state index contributed by atoms with van der Waals surface area (Å²) in [5.74, 6) is -0.193. The molecule has 0 saturated heterocycles. The normalized spacial score (nSPS) is 11.9. The first kappa shape index (κ1) is 13.8. The first-order valence-corrected chi connectivity index (χ1v) is 6.28. The van der Waals surface area contributed by atoms with Crippen molar-refractivity contribution in [3.05, 3.63) is 0 Å². The third-order valence-corrected chi connectivity index (χ3v) is 2.32. The van der Waals surface area contributed by atoms with Crippen molar-refractivity contribution < 1.29 is 22.4 Å². The molecule has 0 saturated carbocycles. The van der Waals surface area contributed by atoms with E-state index in [9.17, 15) is 8.42 Å². The first-order valence-electron chi connectivity index (χ1n) is 4.67. The van der Waals surface area contributed by atoms with Crippen LogP contribution >= 0.6 is 0 Å². The summed E-state index contributed by atoms with van der Waals surface area (Å²) in [6.45, 7) is 4.18. The van der Waals surface area contributed by atoms with Crippen LogP contribution in [0.5, 0.6) is 0 Å². The van der Waals surface area contributed by atoms with Crippen LogP contribution in [0.4, 0.5) is 0 Å². The molecule has 0 aromatic carbocycles. The predicted molar refractivity (Wildman–Crippen MR) is 53.0 cm³/mol. The molecule has 0 aliphatic carbocycles. The third kappa shape index (κ3) is 11.8. The van der Waals surface area contributed by atoms with E-state index in [1.54, 1.807) is 0 Å². The summed E-state index contributed by atoms with van der Waals surface area (Å²) in [4.78, 5) is 0. The summed E-state index contributed by atoms with van der Waals surface area (Å²) in [5.41, 5.74) is 0. The van der Waals surface area contributed by atoms with E-state index < -0.39 is 10.1 Å². The van der Waals surface area contributed by atoms with Gasteiger partial charge < -0.3 is 9.47 Å². The van der Waals surface area contributed by atoms with E-state index in [1.165, 1.54) is 0 Å². The fourth-order valence-corrected chi connectivity index (χ4v) is 1.42. The SMILES string of the molecule is CCOCCOCCCCS(=O)(=O)O. The van der Waals surface area contributed by atoms with Gasteiger partial charge in [0, 0.05) is 13.2 Å². The number of ether oxygens (including phenoxy) is 2. The fourth-order valence-electron chi connectivity index (χ4n) is 0.853. The maximum absolute atomic E-state index is 10.3. The van der Waals surface area contributed by atoms with Gasteiger partial charge >= 0.3 is 0 Å². The zero-order valence-electron chi connectivity index (χ0n) is 8.44. The molecule has 0 aliphatic rings. The van der Waals surface area contributed by atoms with Crippen molar-refractivity contribution in [1.29, 1.82) is 0 Å². The van der Waals surface area contributed by atoms with Gasteiger partial charge in [-0.05, 0) is 19.8 Å². The van der Waals surface area contributed by atoms with Gasteiger partial charge in [-0.3, -0.25) is 4.55 Å². The molecular formula is C8H18O5S. The minimum Gasteiger partial charge on any atom is -0.379 e. The van der Waals surface area contributed by atoms with Crippen molar-refractivity contribution >= 4 is 10.1 Å². The molecular weight excluding hydrogens is 208 g/mol. The maximum Gasteiger partial charge on any atom is 0.264 e. The molecule has 0 aromatic rings. The number of unbranched alkanes of at least 4 members (excludes halogenated alkanes) is 1. The topological polar surface area (TPSA) is 72.8 Å². The van der Waals surface area contributed by atoms with Crippen LogP contribution < -0.4 is 0 Å². The van der Waals surface area contributed by atoms with E-state index in [-0.39, 0.29) is 5.75 Å². The average molecular weight is 226 g/mol. The van der Waals surface area contributed by atoms with Crippen LogP contribution in [0, 0.1) is 0 Å². The molecule has 0 fully saturated rings. The molecule has 0 rings (SSSR count). The molecule has 0 spiro atoms. The van der Waals surface area contributed by atoms with E-state index in [1.807, 2.05) is 6.92 Å². The number of rotatable bonds is 9. The maximum atomic E-state index is 10.3. The lowest BCUT2D eigenvalue weighted by Crippen LogP contribution is -2.07. The highest BCUT2D eigenvalue weighted by atomic mass is 32.2. The van der Waals surface area contributed by atoms with E-state index in [0.717, 1.165) is 0 Å². The van der Waals surface area contributed by atoms with Crippen LogP contribution in [0.15, 0.2) is 0 Å². The van der Waals surface area contributed by atoms with Crippen LogP contribution in [0.2, 0.25) is 0 Å². The zero-order chi connectivity index (χ0) is 10.9. The van der Waals surface area contributed by atoms with Crippen LogP contribution in [0.1, 0.15) is 19.8 Å². The van der Waals surface area contributed by atoms with Crippen molar-refractivity contribution in [1.82, 2.24) is 0 Å². The lowest BCUT2D eigenvalue weighted by molar-refractivity contribution is 0.0518. The van der Waals surface area contributed by atoms with Gasteiger partial charge in [-0.1, -0.05) is 0 Å². The third-order valence-electron chi connectivity index (χ3n) is 1.52. The van der Waals surface area contributed by atoms with Crippen LogP contribution in [-0.4, -0.2) is 45.2 Å². The Balaban J connectivity index is 3.07. The lowest BCUT2D eigenvalue weighted by atomic mass is 10.4. The Labute approximate surface area is 85.1 Å². The van der Waals surface area contributed by atoms with Crippen LogP contribution in [0.25, 0.3) is 0 Å². The minimum atomic E-state index is -3.81. The number of hydrogen-bond acceptors (Lipinski definition) is 4. The molecule has 0 amide bonds. The summed E-state index contributed by atoms with van der Waals surface area (Å²) < 4.78 is 39.2. The molecule has 0 atom stereocenters. The Morgan fingerprint density at radius 2 is 1.71 bits per heavy atom. The van der Waals surface area contributed by atoms with Gasteiger partial charge in [0.2, 0.25) is 0 Å². The van der Waals surface area contributed by atoms with Gasteiger partial charge in [0.05, 0.1) is 19.0 Å². The van der Waals surface area contributed by atoms with Crippen LogP contribution in [-0.2, 0) is 19.6 Å². The highest BCUT2D eigenvalue weighted by Crippen LogP contribution is 1.94. The fraction of sp³-hybridized carbons (Fsp3) is 1.00. The molecule has 1 N–H and O–H groups in total. The first-order chi connectivity index (χ1) is 6.56. The second-order valence-electron chi connectivity index (χ2n) is 2.80. The highest BCUT2D eigenvalue weighted by molar-refractivity contribution is 7.85. The molecule has 0 radical (unpaired) electrons. The monoisotopic (exact) mass is 226 g/mol. The largest absolute Gasteiger partial charge is 0.379 e. The second-order valence-corrected chi connectivity index (χ2v) is 4.37. The van der Waals surface area contributed by atoms with Crippen molar-refractivity contribution in [2.45, 2.75) is 19.8 Å². The van der Waals surface area contributed by atoms with Gasteiger partial charge in [-0.25, -0.2) is 0 Å². The average Bonchev–Trinajstić information content (AvgIpc) is 2.08. The van der Waals surface area contributed by atoms with E-state index >= 15 is 0 Å². The summed E-state index contributed by atoms with van der Waals surface area (Å²) in [6, 6.07) is 0. The predicted octanol–water partition coefficient (Wildman–Crippen LogP) is 0.708. The quantitative estimate of drug-likeness (QED) is 0.463. The van der Waals surface area contributed by atoms with Crippen LogP contribution in [0.3, 0.4) is 0 Å². The van der Waals surface area contributed by atoms with Crippen molar-refractivity contribution in [2.75, 3.05) is 32.2 Å². The Kier molecular flexibility index (Phi) is 8.07. The number of hydrogen-bond donors (Lipinski definition) is 1. The molecule has 6 heteroatoms. The molecule has 0 aliphatic heterocycles. The molecule has 0 bridgehead atoms. The Bertz CT molecular complexity index is 212. The Morgan fingerprint density at radius 3 is 2.29 bits per heavy atom. The van der Waals surface area contributed by atoms with Crippen molar-refractivity contribution in [2.24, 2.45) is 0 Å². The summed E-state index contributed by atoms with van der Waals surface area (Å²) in [7, 11) is -3.81. The van der Waals surface area contributed by atoms with E-state index in [0.29, 0.717) is 39.3 Å². The minimum absolute atomic E-state index is 0.193. The van der Waals surface area contributed by atoms with Gasteiger partial charge in [-0.15, -0.1) is 0 Å². The molecule has 0 unspecified atom stereocenters. The summed E-state index contributed by atoms with van der Waals surface area (Å²) >= 11 is 0. The Morgan fingerprint density at radius 1 is 1.07 bits per heavy atom. The molecule has 0 aromatic heterocycles. The summed E-state index contributed by atoms with van der Waals surface area (Å²) in [6.07, 6.45) is 1.05. The second kappa shape index (κ2) is 8.16. The standard InChI is InChI=1S/C8H18O5S/c1-2-12-6-7-13-5-3-4-8-14(9,10)11/h2-8H2,1H3,(H,9,10,11). The van der Waals surface area contributed by atoms with E-state index in [2.05, 4.69) is 0 Å². The van der Waals surface area contributed by atoms with E-state index in [4.69, 9.17) is 14.0 Å². The molecule has 0 heterocycles. The highest BCUT2D eigenvalue weighted by Gasteiger charge is 2.02. The molecule has 5 nitrogen and oxygen atoms in total. The zero-order valence-corrected chi connectivity index (χ0v) is 9.25. The van der Waals surface area contributed by atoms with Crippen molar-refractivity contribution in [3.63, 3.8) is 0 Å².